The van der Waals surface area contributed by atoms with E-state index in [0.717, 1.165) is 25.6 Å². The molecule has 0 radical (unpaired) electrons. The number of nitrogens with two attached hydrogens (primary N) is 1. The molecule has 106 valence electrons. The average Bonchev–Trinajstić information content (AvgIpc) is 2.50. The molecule has 0 amide bonds. The molecule has 4 heteroatoms. The van der Waals surface area contributed by atoms with Crippen molar-refractivity contribution in [3.05, 3.63) is 69.1 Å². The number of hydrogen-bond donors (Lipinski definition) is 1. The number of benzene rings is 3. The molecular weight excluding hydrogens is 394 g/mol. The van der Waals surface area contributed by atoms with Crippen molar-refractivity contribution in [2.75, 3.05) is 5.73 Å². The fourth-order valence-electron chi connectivity index (χ4n) is 2.17. The summed E-state index contributed by atoms with van der Waals surface area (Å²) in [6.07, 6.45) is 0. The number of rotatable bonds is 3. The normalized spacial score (nSPS) is 10.8. The summed E-state index contributed by atoms with van der Waals surface area (Å²) in [6.45, 7) is 0.481. The second kappa shape index (κ2) is 6.08. The summed E-state index contributed by atoms with van der Waals surface area (Å²) < 4.78 is 7.79. The molecule has 0 saturated carbocycles. The van der Waals surface area contributed by atoms with Crippen LogP contribution in [0.3, 0.4) is 0 Å². The Morgan fingerprint density at radius 1 is 0.952 bits per heavy atom. The molecule has 0 aromatic heterocycles. The minimum absolute atomic E-state index is 0.481. The Morgan fingerprint density at radius 3 is 2.57 bits per heavy atom. The maximum atomic E-state index is 5.91. The van der Waals surface area contributed by atoms with E-state index < -0.39 is 0 Å². The molecule has 0 saturated heterocycles. The van der Waals surface area contributed by atoms with E-state index in [9.17, 15) is 0 Å². The van der Waals surface area contributed by atoms with Crippen LogP contribution in [0.4, 0.5) is 5.69 Å². The van der Waals surface area contributed by atoms with E-state index in [1.165, 1.54) is 5.39 Å². The summed E-state index contributed by atoms with van der Waals surface area (Å²) in [4.78, 5) is 0. The van der Waals surface area contributed by atoms with E-state index in [1.807, 2.05) is 36.4 Å². The summed E-state index contributed by atoms with van der Waals surface area (Å²) >= 11 is 7.02. The second-order valence-electron chi connectivity index (χ2n) is 4.74. The minimum atomic E-state index is 0.481. The smallest absolute Gasteiger partial charge is 0.134 e. The zero-order chi connectivity index (χ0) is 14.8. The number of halogens is 2. The Labute approximate surface area is 140 Å². The van der Waals surface area contributed by atoms with Gasteiger partial charge in [-0.05, 0) is 66.4 Å². The topological polar surface area (TPSA) is 35.2 Å². The highest BCUT2D eigenvalue weighted by atomic mass is 79.9. The van der Waals surface area contributed by atoms with Gasteiger partial charge in [-0.3, -0.25) is 0 Å². The van der Waals surface area contributed by atoms with E-state index in [0.29, 0.717) is 12.3 Å². The molecule has 0 aliphatic heterocycles. The van der Waals surface area contributed by atoms with Crippen molar-refractivity contribution >= 4 is 48.3 Å². The third kappa shape index (κ3) is 3.06. The lowest BCUT2D eigenvalue weighted by Gasteiger charge is -2.11. The lowest BCUT2D eigenvalue weighted by molar-refractivity contribution is 0.305. The number of nitrogen functional groups attached to an aromatic ring is 1. The van der Waals surface area contributed by atoms with Crippen molar-refractivity contribution in [3.63, 3.8) is 0 Å². The van der Waals surface area contributed by atoms with Crippen LogP contribution in [0.5, 0.6) is 5.75 Å². The molecule has 3 aromatic carbocycles. The molecule has 0 unspecified atom stereocenters. The van der Waals surface area contributed by atoms with Crippen LogP contribution >= 0.6 is 31.9 Å². The average molecular weight is 407 g/mol. The van der Waals surface area contributed by atoms with Crippen molar-refractivity contribution in [1.29, 1.82) is 0 Å². The monoisotopic (exact) mass is 405 g/mol. The fourth-order valence-corrected chi connectivity index (χ4v) is 3.02. The summed E-state index contributed by atoms with van der Waals surface area (Å²) in [6, 6.07) is 18.1. The first-order chi connectivity index (χ1) is 10.1. The molecule has 3 aromatic rings. The molecule has 2 nitrogen and oxygen atoms in total. The van der Waals surface area contributed by atoms with Crippen LogP contribution in [0.15, 0.2) is 63.5 Å². The van der Waals surface area contributed by atoms with E-state index in [-0.39, 0.29) is 0 Å². The quantitative estimate of drug-likeness (QED) is 0.580. The highest BCUT2D eigenvalue weighted by Gasteiger charge is 2.06. The lowest BCUT2D eigenvalue weighted by Crippen LogP contribution is -1.98. The first-order valence-electron chi connectivity index (χ1n) is 6.49. The molecule has 3 rings (SSSR count). The predicted molar refractivity (Wildman–Crippen MR) is 94.5 cm³/mol. The zero-order valence-corrected chi connectivity index (χ0v) is 14.3. The van der Waals surface area contributed by atoms with Crippen LogP contribution in [-0.4, -0.2) is 0 Å². The minimum Gasteiger partial charge on any atom is -0.488 e. The highest BCUT2D eigenvalue weighted by molar-refractivity contribution is 9.11. The van der Waals surface area contributed by atoms with Gasteiger partial charge >= 0.3 is 0 Å². The molecule has 0 bridgehead atoms. The second-order valence-corrected chi connectivity index (χ2v) is 6.39. The van der Waals surface area contributed by atoms with Crippen molar-refractivity contribution < 1.29 is 4.74 Å². The van der Waals surface area contributed by atoms with Crippen LogP contribution in [0, 0.1) is 0 Å². The number of ether oxygens (including phenoxy) is 1. The van der Waals surface area contributed by atoms with Gasteiger partial charge in [0.1, 0.15) is 12.4 Å². The first-order valence-corrected chi connectivity index (χ1v) is 8.08. The van der Waals surface area contributed by atoms with Crippen LogP contribution in [0.2, 0.25) is 0 Å². The molecule has 0 atom stereocenters. The van der Waals surface area contributed by atoms with Crippen molar-refractivity contribution in [1.82, 2.24) is 0 Å². The largest absolute Gasteiger partial charge is 0.488 e. The van der Waals surface area contributed by atoms with Gasteiger partial charge in [-0.15, -0.1) is 0 Å². The van der Waals surface area contributed by atoms with Crippen LogP contribution in [0.25, 0.3) is 10.8 Å². The van der Waals surface area contributed by atoms with Crippen LogP contribution in [-0.2, 0) is 6.61 Å². The Balaban J connectivity index is 1.85. The fraction of sp³-hybridized carbons (Fsp3) is 0.0588. The standard InChI is InChI=1S/C17H13Br2NO/c18-14-7-5-11(9-15(14)20)10-21-16-8-6-12-3-1-2-4-13(12)17(16)19/h1-9H,10,20H2. The summed E-state index contributed by atoms with van der Waals surface area (Å²) in [7, 11) is 0. The number of fused-ring (bicyclic) bond motifs is 1. The predicted octanol–water partition coefficient (Wildman–Crippen LogP) is 5.53. The van der Waals surface area contributed by atoms with Gasteiger partial charge in [-0.2, -0.15) is 0 Å². The molecule has 0 aliphatic carbocycles. The van der Waals surface area contributed by atoms with Gasteiger partial charge < -0.3 is 10.5 Å². The molecule has 21 heavy (non-hydrogen) atoms. The lowest BCUT2D eigenvalue weighted by atomic mass is 10.1. The van der Waals surface area contributed by atoms with Crippen molar-refractivity contribution in [2.45, 2.75) is 6.61 Å². The SMILES string of the molecule is Nc1cc(COc2ccc3ccccc3c2Br)ccc1Br. The third-order valence-corrected chi connectivity index (χ3v) is 4.82. The van der Waals surface area contributed by atoms with Crippen LogP contribution < -0.4 is 10.5 Å². The Morgan fingerprint density at radius 2 is 1.76 bits per heavy atom. The van der Waals surface area contributed by atoms with E-state index in [1.54, 1.807) is 0 Å². The number of anilines is 1. The molecule has 0 heterocycles. The maximum Gasteiger partial charge on any atom is 0.134 e. The van der Waals surface area contributed by atoms with Crippen molar-refractivity contribution in [3.8, 4) is 5.75 Å². The van der Waals surface area contributed by atoms with Gasteiger partial charge in [0.2, 0.25) is 0 Å². The molecule has 0 aliphatic rings. The Hall–Kier alpha value is -1.52. The van der Waals surface area contributed by atoms with E-state index in [2.05, 4.69) is 50.1 Å². The molecule has 0 spiro atoms. The van der Waals surface area contributed by atoms with Gasteiger partial charge in [0.15, 0.2) is 0 Å². The van der Waals surface area contributed by atoms with E-state index in [4.69, 9.17) is 10.5 Å². The maximum absolute atomic E-state index is 5.91. The van der Waals surface area contributed by atoms with Gasteiger partial charge in [0, 0.05) is 10.2 Å². The summed E-state index contributed by atoms with van der Waals surface area (Å²) in [5, 5.41) is 2.33. The molecular formula is C17H13Br2NO. The summed E-state index contributed by atoms with van der Waals surface area (Å²) in [5.41, 5.74) is 7.64. The molecule has 2 N–H and O–H groups in total. The number of hydrogen-bond acceptors (Lipinski definition) is 2. The van der Waals surface area contributed by atoms with Crippen LogP contribution in [0.1, 0.15) is 5.56 Å². The van der Waals surface area contributed by atoms with Gasteiger partial charge in [0.05, 0.1) is 4.47 Å². The van der Waals surface area contributed by atoms with Gasteiger partial charge in [-0.1, -0.05) is 36.4 Å². The van der Waals surface area contributed by atoms with E-state index >= 15 is 0 Å². The highest BCUT2D eigenvalue weighted by Crippen LogP contribution is 2.33. The zero-order valence-electron chi connectivity index (χ0n) is 11.1. The van der Waals surface area contributed by atoms with Gasteiger partial charge in [-0.25, -0.2) is 0 Å². The molecule has 0 fully saturated rings. The Bertz CT molecular complexity index is 802. The summed E-state index contributed by atoms with van der Waals surface area (Å²) in [5.74, 6) is 0.829. The third-order valence-electron chi connectivity index (χ3n) is 3.28. The first kappa shape index (κ1) is 14.4. The van der Waals surface area contributed by atoms with Gasteiger partial charge in [0.25, 0.3) is 0 Å². The Kier molecular flexibility index (Phi) is 4.17. The van der Waals surface area contributed by atoms with Crippen molar-refractivity contribution in [2.24, 2.45) is 0 Å².